The molecule has 2 aromatic rings. The molecule has 0 fully saturated rings. The van der Waals surface area contributed by atoms with Gasteiger partial charge in [0.15, 0.2) is 11.5 Å². The molecule has 0 radical (unpaired) electrons. The average Bonchev–Trinajstić information content (AvgIpc) is 2.99. The van der Waals surface area contributed by atoms with E-state index in [1.807, 2.05) is 13.8 Å². The molecular formula is C21H24FN3O3. The van der Waals surface area contributed by atoms with Crippen LogP contribution in [-0.2, 0) is 0 Å². The van der Waals surface area contributed by atoms with E-state index in [0.29, 0.717) is 17.0 Å². The minimum absolute atomic E-state index is 0.0571. The SMILES string of the molecule is Cc1noc(C(C)C)c1C(=O)NC(C(=O)c1ccc(C#N)c(F)c1)C(C)(C)C. The Bertz CT molecular complexity index is 949. The number of hydrogen-bond acceptors (Lipinski definition) is 5. The molecule has 1 heterocycles. The first-order valence-electron chi connectivity index (χ1n) is 8.98. The Balaban J connectivity index is 2.39. The van der Waals surface area contributed by atoms with E-state index < -0.39 is 29.0 Å². The van der Waals surface area contributed by atoms with Gasteiger partial charge in [0.1, 0.15) is 17.4 Å². The molecular weight excluding hydrogens is 361 g/mol. The van der Waals surface area contributed by atoms with Crippen LogP contribution >= 0.6 is 0 Å². The molecule has 7 heteroatoms. The lowest BCUT2D eigenvalue weighted by atomic mass is 9.81. The van der Waals surface area contributed by atoms with Crippen LogP contribution in [0.25, 0.3) is 0 Å². The molecule has 148 valence electrons. The second-order valence-electron chi connectivity index (χ2n) is 8.11. The van der Waals surface area contributed by atoms with Crippen LogP contribution in [0.1, 0.15) is 78.3 Å². The zero-order valence-corrected chi connectivity index (χ0v) is 16.9. The third-order valence-electron chi connectivity index (χ3n) is 4.42. The van der Waals surface area contributed by atoms with E-state index in [0.717, 1.165) is 6.07 Å². The van der Waals surface area contributed by atoms with Gasteiger partial charge in [0.05, 0.1) is 17.3 Å². The maximum absolute atomic E-state index is 14.0. The highest BCUT2D eigenvalue weighted by Gasteiger charge is 2.35. The number of hydrogen-bond donors (Lipinski definition) is 1. The van der Waals surface area contributed by atoms with Crippen molar-refractivity contribution in [1.29, 1.82) is 5.26 Å². The molecule has 0 bridgehead atoms. The fraction of sp³-hybridized carbons (Fsp3) is 0.429. The monoisotopic (exact) mass is 385 g/mol. The van der Waals surface area contributed by atoms with E-state index in [1.54, 1.807) is 33.8 Å². The second kappa shape index (κ2) is 7.93. The summed E-state index contributed by atoms with van der Waals surface area (Å²) in [5, 5.41) is 15.5. The van der Waals surface area contributed by atoms with Gasteiger partial charge in [0.25, 0.3) is 5.91 Å². The molecule has 0 spiro atoms. The first kappa shape index (κ1) is 21.3. The van der Waals surface area contributed by atoms with Crippen molar-refractivity contribution in [3.05, 3.63) is 52.2 Å². The number of carbonyl (C=O) groups excluding carboxylic acids is 2. The van der Waals surface area contributed by atoms with Crippen LogP contribution in [0.5, 0.6) is 0 Å². The van der Waals surface area contributed by atoms with E-state index >= 15 is 0 Å². The van der Waals surface area contributed by atoms with Crippen LogP contribution in [0.4, 0.5) is 4.39 Å². The van der Waals surface area contributed by atoms with Crippen molar-refractivity contribution in [2.75, 3.05) is 0 Å². The maximum atomic E-state index is 14.0. The van der Waals surface area contributed by atoms with Gasteiger partial charge in [-0.15, -0.1) is 0 Å². The summed E-state index contributed by atoms with van der Waals surface area (Å²) in [5.41, 5.74) is 0.0476. The molecule has 0 aliphatic heterocycles. The highest BCUT2D eigenvalue weighted by atomic mass is 19.1. The molecule has 1 unspecified atom stereocenters. The number of nitrogens with one attached hydrogen (secondary N) is 1. The van der Waals surface area contributed by atoms with E-state index in [4.69, 9.17) is 9.78 Å². The summed E-state index contributed by atoms with van der Waals surface area (Å²) in [5.74, 6) is -1.29. The Kier molecular flexibility index (Phi) is 6.03. The smallest absolute Gasteiger partial charge is 0.257 e. The fourth-order valence-corrected chi connectivity index (χ4v) is 2.86. The molecule has 0 aliphatic carbocycles. The minimum atomic E-state index is -0.915. The van der Waals surface area contributed by atoms with Crippen molar-refractivity contribution >= 4 is 11.7 Å². The number of aromatic nitrogens is 1. The normalized spacial score (nSPS) is 12.5. The summed E-state index contributed by atoms with van der Waals surface area (Å²) in [6.07, 6.45) is 0. The standard InChI is InChI=1S/C21H24FN3O3/c1-11(2)18-16(12(3)25-28-18)20(27)24-19(21(4,5)6)17(26)13-7-8-14(10-23)15(22)9-13/h7-9,11,19H,1-6H3,(H,24,27). The van der Waals surface area contributed by atoms with E-state index in [-0.39, 0.29) is 17.0 Å². The van der Waals surface area contributed by atoms with Crippen LogP contribution < -0.4 is 5.32 Å². The summed E-state index contributed by atoms with van der Waals surface area (Å²) in [6.45, 7) is 10.8. The van der Waals surface area contributed by atoms with Gasteiger partial charge in [0.2, 0.25) is 0 Å². The molecule has 0 saturated carbocycles. The lowest BCUT2D eigenvalue weighted by molar-refractivity contribution is 0.0780. The van der Waals surface area contributed by atoms with Crippen LogP contribution in [0.3, 0.4) is 0 Å². The molecule has 1 aromatic carbocycles. The molecule has 0 aliphatic rings. The number of Topliss-reactive ketones (excluding diaryl/α,β-unsaturated/α-hetero) is 1. The molecule has 2 rings (SSSR count). The van der Waals surface area contributed by atoms with E-state index in [2.05, 4.69) is 10.5 Å². The van der Waals surface area contributed by atoms with Gasteiger partial charge in [-0.1, -0.05) is 39.8 Å². The van der Waals surface area contributed by atoms with Crippen LogP contribution in [0, 0.1) is 29.5 Å². The number of halogens is 1. The topological polar surface area (TPSA) is 96.0 Å². The highest BCUT2D eigenvalue weighted by molar-refractivity contribution is 6.05. The summed E-state index contributed by atoms with van der Waals surface area (Å²) in [4.78, 5) is 26.0. The summed E-state index contributed by atoms with van der Waals surface area (Å²) in [6, 6.07) is 4.47. The fourth-order valence-electron chi connectivity index (χ4n) is 2.86. The predicted molar refractivity (Wildman–Crippen MR) is 101 cm³/mol. The second-order valence-corrected chi connectivity index (χ2v) is 8.11. The lowest BCUT2D eigenvalue weighted by Crippen LogP contribution is -2.49. The van der Waals surface area contributed by atoms with Crippen molar-refractivity contribution in [2.45, 2.75) is 53.5 Å². The van der Waals surface area contributed by atoms with Gasteiger partial charge in [-0.3, -0.25) is 9.59 Å². The van der Waals surface area contributed by atoms with Crippen molar-refractivity contribution in [1.82, 2.24) is 10.5 Å². The van der Waals surface area contributed by atoms with E-state index in [1.165, 1.54) is 12.1 Å². The highest BCUT2D eigenvalue weighted by Crippen LogP contribution is 2.26. The van der Waals surface area contributed by atoms with Gasteiger partial charge in [0, 0.05) is 11.5 Å². The first-order valence-corrected chi connectivity index (χ1v) is 8.98. The number of rotatable bonds is 5. The van der Waals surface area contributed by atoms with Crippen molar-refractivity contribution in [3.63, 3.8) is 0 Å². The number of nitrogens with zero attached hydrogens (tertiary/aromatic N) is 2. The first-order chi connectivity index (χ1) is 13.0. The number of aryl methyl sites for hydroxylation is 1. The van der Waals surface area contributed by atoms with Crippen molar-refractivity contribution < 1.29 is 18.5 Å². The molecule has 1 aromatic heterocycles. The molecule has 6 nitrogen and oxygen atoms in total. The van der Waals surface area contributed by atoms with Crippen LogP contribution in [0.2, 0.25) is 0 Å². The quantitative estimate of drug-likeness (QED) is 0.780. The van der Waals surface area contributed by atoms with Gasteiger partial charge in [-0.05, 0) is 30.5 Å². The predicted octanol–water partition coefficient (Wildman–Crippen LogP) is 4.14. The van der Waals surface area contributed by atoms with Gasteiger partial charge >= 0.3 is 0 Å². The number of carbonyl (C=O) groups is 2. The van der Waals surface area contributed by atoms with Gasteiger partial charge in [-0.25, -0.2) is 4.39 Å². The zero-order valence-electron chi connectivity index (χ0n) is 16.9. The number of amides is 1. The van der Waals surface area contributed by atoms with Crippen LogP contribution in [-0.4, -0.2) is 22.9 Å². The average molecular weight is 385 g/mol. The summed E-state index contributed by atoms with van der Waals surface area (Å²) >= 11 is 0. The van der Waals surface area contributed by atoms with Gasteiger partial charge < -0.3 is 9.84 Å². The molecule has 0 saturated heterocycles. The Morgan fingerprint density at radius 1 is 1.29 bits per heavy atom. The molecule has 28 heavy (non-hydrogen) atoms. The van der Waals surface area contributed by atoms with Crippen LogP contribution in [0.15, 0.2) is 22.7 Å². The zero-order chi connectivity index (χ0) is 21.2. The third kappa shape index (κ3) is 4.28. The summed E-state index contributed by atoms with van der Waals surface area (Å²) < 4.78 is 19.2. The number of nitriles is 1. The largest absolute Gasteiger partial charge is 0.360 e. The van der Waals surface area contributed by atoms with Gasteiger partial charge in [-0.2, -0.15) is 5.26 Å². The molecule has 1 atom stereocenters. The Labute approximate surface area is 163 Å². The van der Waals surface area contributed by atoms with Crippen molar-refractivity contribution in [3.8, 4) is 6.07 Å². The number of ketones is 1. The molecule has 1 N–H and O–H groups in total. The summed E-state index contributed by atoms with van der Waals surface area (Å²) in [7, 11) is 0. The Morgan fingerprint density at radius 2 is 1.93 bits per heavy atom. The molecule has 1 amide bonds. The van der Waals surface area contributed by atoms with E-state index in [9.17, 15) is 14.0 Å². The Hall–Kier alpha value is -3.01. The Morgan fingerprint density at radius 3 is 2.43 bits per heavy atom. The maximum Gasteiger partial charge on any atom is 0.257 e. The number of benzene rings is 1. The third-order valence-corrected chi connectivity index (χ3v) is 4.42. The minimum Gasteiger partial charge on any atom is -0.360 e. The lowest BCUT2D eigenvalue weighted by Gasteiger charge is -2.30. The van der Waals surface area contributed by atoms with Crippen molar-refractivity contribution in [2.24, 2.45) is 5.41 Å².